The SMILES string of the molecule is C=CC=NC(=C)CC#N. The van der Waals surface area contributed by atoms with Crippen LogP contribution < -0.4 is 0 Å². The Kier molecular flexibility index (Phi) is 4.07. The van der Waals surface area contributed by atoms with Crippen molar-refractivity contribution in [3.8, 4) is 6.07 Å². The summed E-state index contributed by atoms with van der Waals surface area (Å²) in [5.74, 6) is 0. The van der Waals surface area contributed by atoms with E-state index in [1.165, 1.54) is 6.21 Å². The van der Waals surface area contributed by atoms with Gasteiger partial charge in [0.15, 0.2) is 0 Å². The van der Waals surface area contributed by atoms with Gasteiger partial charge in [-0.05, 0) is 0 Å². The molecule has 0 aromatic rings. The van der Waals surface area contributed by atoms with Crippen LogP contribution in [-0.4, -0.2) is 6.21 Å². The lowest BCUT2D eigenvalue weighted by Crippen LogP contribution is -1.72. The average molecular weight is 120 g/mol. The zero-order chi connectivity index (χ0) is 7.11. The number of allylic oxidation sites excluding steroid dienone is 2. The van der Waals surface area contributed by atoms with E-state index in [2.05, 4.69) is 18.2 Å². The van der Waals surface area contributed by atoms with Crippen molar-refractivity contribution in [3.05, 3.63) is 24.9 Å². The Morgan fingerprint density at radius 2 is 2.44 bits per heavy atom. The van der Waals surface area contributed by atoms with Crippen molar-refractivity contribution in [1.82, 2.24) is 0 Å². The van der Waals surface area contributed by atoms with Crippen molar-refractivity contribution in [2.45, 2.75) is 6.42 Å². The van der Waals surface area contributed by atoms with Crippen LogP contribution in [0.25, 0.3) is 0 Å². The monoisotopic (exact) mass is 120 g/mol. The van der Waals surface area contributed by atoms with Gasteiger partial charge in [-0.1, -0.05) is 19.2 Å². The second-order valence-corrected chi connectivity index (χ2v) is 1.41. The number of nitrogens with zero attached hydrogens (tertiary/aromatic N) is 2. The highest BCUT2D eigenvalue weighted by atomic mass is 14.7. The molecule has 0 saturated heterocycles. The van der Waals surface area contributed by atoms with E-state index in [0.717, 1.165) is 0 Å². The molecule has 0 rings (SSSR count). The Balaban J connectivity index is 3.66. The van der Waals surface area contributed by atoms with Crippen LogP contribution in [0.4, 0.5) is 0 Å². The number of hydrogen-bond acceptors (Lipinski definition) is 2. The molecule has 0 N–H and O–H groups in total. The highest BCUT2D eigenvalue weighted by Gasteiger charge is 1.82. The van der Waals surface area contributed by atoms with E-state index in [1.54, 1.807) is 6.08 Å². The Bertz CT molecular complexity index is 172. The maximum Gasteiger partial charge on any atom is 0.0768 e. The lowest BCUT2D eigenvalue weighted by molar-refractivity contribution is 1.19. The van der Waals surface area contributed by atoms with Gasteiger partial charge in [0.1, 0.15) is 0 Å². The van der Waals surface area contributed by atoms with E-state index in [9.17, 15) is 0 Å². The summed E-state index contributed by atoms with van der Waals surface area (Å²) >= 11 is 0. The highest BCUT2D eigenvalue weighted by molar-refractivity contribution is 5.71. The predicted octanol–water partition coefficient (Wildman–Crippen LogP) is 1.67. The van der Waals surface area contributed by atoms with Crippen molar-refractivity contribution in [2.24, 2.45) is 4.99 Å². The normalized spacial score (nSPS) is 8.78. The number of hydrogen-bond donors (Lipinski definition) is 0. The van der Waals surface area contributed by atoms with Crippen LogP contribution in [0, 0.1) is 11.3 Å². The molecule has 0 bridgehead atoms. The minimum absolute atomic E-state index is 0.282. The summed E-state index contributed by atoms with van der Waals surface area (Å²) < 4.78 is 0. The van der Waals surface area contributed by atoms with Gasteiger partial charge < -0.3 is 0 Å². The smallest absolute Gasteiger partial charge is 0.0768 e. The second kappa shape index (κ2) is 4.79. The molecule has 9 heavy (non-hydrogen) atoms. The first kappa shape index (κ1) is 7.64. The topological polar surface area (TPSA) is 36.1 Å². The van der Waals surface area contributed by atoms with E-state index in [-0.39, 0.29) is 6.42 Å². The molecule has 0 radical (unpaired) electrons. The van der Waals surface area contributed by atoms with Crippen molar-refractivity contribution >= 4 is 6.21 Å². The summed E-state index contributed by atoms with van der Waals surface area (Å²) in [5, 5.41) is 8.13. The first-order valence-corrected chi connectivity index (χ1v) is 2.51. The molecule has 0 aliphatic heterocycles. The summed E-state index contributed by atoms with van der Waals surface area (Å²) in [7, 11) is 0. The van der Waals surface area contributed by atoms with Gasteiger partial charge in [-0.15, -0.1) is 0 Å². The van der Waals surface area contributed by atoms with E-state index < -0.39 is 0 Å². The summed E-state index contributed by atoms with van der Waals surface area (Å²) in [6.45, 7) is 6.93. The molecule has 2 nitrogen and oxygen atoms in total. The van der Waals surface area contributed by atoms with Crippen LogP contribution in [0.2, 0.25) is 0 Å². The first-order valence-electron chi connectivity index (χ1n) is 2.51. The molecule has 0 atom stereocenters. The van der Waals surface area contributed by atoms with Crippen LogP contribution in [0.15, 0.2) is 29.9 Å². The van der Waals surface area contributed by atoms with Crippen LogP contribution >= 0.6 is 0 Å². The molecule has 2 heteroatoms. The van der Waals surface area contributed by atoms with Crippen LogP contribution in [-0.2, 0) is 0 Å². The maximum absolute atomic E-state index is 8.13. The number of rotatable bonds is 3. The third kappa shape index (κ3) is 4.49. The fourth-order valence-electron chi connectivity index (χ4n) is 0.295. The molecule has 0 aromatic heterocycles. The Hall–Kier alpha value is -1.36. The molecule has 0 aliphatic carbocycles. The van der Waals surface area contributed by atoms with Gasteiger partial charge in [0.2, 0.25) is 0 Å². The Morgan fingerprint density at radius 3 is 2.89 bits per heavy atom. The van der Waals surface area contributed by atoms with Gasteiger partial charge in [-0.2, -0.15) is 5.26 Å². The molecule has 0 fully saturated rings. The molecule has 0 aromatic carbocycles. The van der Waals surface area contributed by atoms with Crippen molar-refractivity contribution in [3.63, 3.8) is 0 Å². The van der Waals surface area contributed by atoms with Crippen LogP contribution in [0.5, 0.6) is 0 Å². The molecular formula is C7H8N2. The molecule has 0 aliphatic rings. The van der Waals surface area contributed by atoms with Crippen molar-refractivity contribution < 1.29 is 0 Å². The standard InChI is InChI=1S/C7H8N2/c1-3-6-9-7(2)4-5-8/h3,6H,1-2,4H2. The van der Waals surface area contributed by atoms with Gasteiger partial charge >= 0.3 is 0 Å². The minimum Gasteiger partial charge on any atom is -0.261 e. The van der Waals surface area contributed by atoms with E-state index >= 15 is 0 Å². The summed E-state index contributed by atoms with van der Waals surface area (Å²) in [6.07, 6.45) is 3.34. The van der Waals surface area contributed by atoms with Gasteiger partial charge in [-0.3, -0.25) is 4.99 Å². The fourth-order valence-corrected chi connectivity index (χ4v) is 0.295. The minimum atomic E-state index is 0.282. The molecule has 0 spiro atoms. The van der Waals surface area contributed by atoms with Gasteiger partial charge in [0.05, 0.1) is 12.5 Å². The maximum atomic E-state index is 8.13. The van der Waals surface area contributed by atoms with Crippen LogP contribution in [0.1, 0.15) is 6.42 Å². The largest absolute Gasteiger partial charge is 0.261 e. The van der Waals surface area contributed by atoms with E-state index in [4.69, 9.17) is 5.26 Å². The molecule has 0 amide bonds. The summed E-state index contributed by atoms with van der Waals surface area (Å²) in [4.78, 5) is 3.77. The summed E-state index contributed by atoms with van der Waals surface area (Å²) in [6, 6.07) is 1.93. The van der Waals surface area contributed by atoms with Gasteiger partial charge in [0.25, 0.3) is 0 Å². The molecular weight excluding hydrogens is 112 g/mol. The third-order valence-corrected chi connectivity index (χ3v) is 0.646. The second-order valence-electron chi connectivity index (χ2n) is 1.41. The summed E-state index contributed by atoms with van der Waals surface area (Å²) in [5.41, 5.74) is 0.567. The van der Waals surface area contributed by atoms with E-state index in [0.29, 0.717) is 5.70 Å². The van der Waals surface area contributed by atoms with Gasteiger partial charge in [0, 0.05) is 11.9 Å². The fraction of sp³-hybridized carbons (Fsp3) is 0.143. The lowest BCUT2D eigenvalue weighted by Gasteiger charge is -1.84. The Labute approximate surface area is 54.8 Å². The van der Waals surface area contributed by atoms with Crippen molar-refractivity contribution in [1.29, 1.82) is 5.26 Å². The Morgan fingerprint density at radius 1 is 1.78 bits per heavy atom. The zero-order valence-electron chi connectivity index (χ0n) is 5.17. The number of nitriles is 1. The van der Waals surface area contributed by atoms with Crippen molar-refractivity contribution in [2.75, 3.05) is 0 Å². The quantitative estimate of drug-likeness (QED) is 0.522. The molecule has 46 valence electrons. The van der Waals surface area contributed by atoms with Gasteiger partial charge in [-0.25, -0.2) is 0 Å². The number of aliphatic imine (C=N–C) groups is 1. The molecule has 0 unspecified atom stereocenters. The first-order chi connectivity index (χ1) is 4.31. The molecule has 0 saturated carbocycles. The lowest BCUT2D eigenvalue weighted by atomic mass is 10.4. The average Bonchev–Trinajstić information content (AvgIpc) is 1.85. The highest BCUT2D eigenvalue weighted by Crippen LogP contribution is 1.95. The molecule has 0 heterocycles. The third-order valence-electron chi connectivity index (χ3n) is 0.646. The predicted molar refractivity (Wildman–Crippen MR) is 38.1 cm³/mol. The van der Waals surface area contributed by atoms with Crippen LogP contribution in [0.3, 0.4) is 0 Å². The van der Waals surface area contributed by atoms with E-state index in [1.807, 2.05) is 6.07 Å². The zero-order valence-corrected chi connectivity index (χ0v) is 5.17.